The Hall–Kier alpha value is -1.53. The summed E-state index contributed by atoms with van der Waals surface area (Å²) in [5.74, 6) is 1.03. The van der Waals surface area contributed by atoms with Crippen molar-refractivity contribution in [2.24, 2.45) is 5.92 Å². The number of allylic oxidation sites excluding steroid dienone is 2. The van der Waals surface area contributed by atoms with Gasteiger partial charge in [-0.3, -0.25) is 0 Å². The molecule has 0 amide bonds. The second kappa shape index (κ2) is 7.95. The molecule has 1 N–H and O–H groups in total. The number of rotatable bonds is 7. The van der Waals surface area contributed by atoms with E-state index in [-0.39, 0.29) is 11.8 Å². The molecule has 29 heavy (non-hydrogen) atoms. The largest absolute Gasteiger partial charge is 0.543 e. The highest BCUT2D eigenvalue weighted by Crippen LogP contribution is 2.51. The van der Waals surface area contributed by atoms with Gasteiger partial charge in [0, 0.05) is 30.2 Å². The zero-order valence-electron chi connectivity index (χ0n) is 18.7. The van der Waals surface area contributed by atoms with Crippen LogP contribution >= 0.6 is 0 Å². The second-order valence-electron chi connectivity index (χ2n) is 9.39. The van der Waals surface area contributed by atoms with E-state index >= 15 is 0 Å². The molecule has 1 aliphatic carbocycles. The van der Waals surface area contributed by atoms with Gasteiger partial charge in [0.2, 0.25) is 0 Å². The zero-order valence-corrected chi connectivity index (χ0v) is 20.5. The minimum Gasteiger partial charge on any atom is -0.543 e. The van der Waals surface area contributed by atoms with Crippen molar-refractivity contribution in [3.8, 4) is 0 Å². The molecule has 2 atom stereocenters. The molecule has 3 rings (SSSR count). The van der Waals surface area contributed by atoms with Crippen LogP contribution in [0.1, 0.15) is 53.0 Å². The molecule has 0 unspecified atom stereocenters. The first-order valence-corrected chi connectivity index (χ1v) is 14.7. The normalized spacial score (nSPS) is 22.3. The molecule has 0 spiro atoms. The molecule has 1 aromatic carbocycles. The molecule has 1 heterocycles. The smallest absolute Gasteiger partial charge is 0.258 e. The summed E-state index contributed by atoms with van der Waals surface area (Å²) in [5, 5.41) is 3.54. The molecule has 0 bridgehead atoms. The van der Waals surface area contributed by atoms with E-state index in [0.29, 0.717) is 28.2 Å². The van der Waals surface area contributed by atoms with Crippen LogP contribution in [0, 0.1) is 5.92 Å². The van der Waals surface area contributed by atoms with Gasteiger partial charge in [-0.1, -0.05) is 71.9 Å². The van der Waals surface area contributed by atoms with Crippen molar-refractivity contribution in [2.45, 2.75) is 64.1 Å². The van der Waals surface area contributed by atoms with E-state index in [4.69, 9.17) is 4.43 Å². The zero-order chi connectivity index (χ0) is 21.6. The number of benzene rings is 1. The fourth-order valence-corrected chi connectivity index (χ4v) is 11.8. The summed E-state index contributed by atoms with van der Waals surface area (Å²) in [7, 11) is -5.55. The Labute approximate surface area is 177 Å². The molecule has 0 fully saturated rings. The standard InChI is InChI=1S/C23H35NO3SSi/c1-15(2)29(16(3)4,17(5)6)27-21-13-19(18-11-9-8-10-12-18)20-14-24-23(22(20)21)28(7,25)26/h8-13,15-17,19-20,24H,14H2,1-7H3/t19-,20+/m0/s1. The van der Waals surface area contributed by atoms with Crippen molar-refractivity contribution in [1.29, 1.82) is 0 Å². The fraction of sp³-hybridized carbons (Fsp3) is 0.565. The molecule has 6 heteroatoms. The lowest BCUT2D eigenvalue weighted by atomic mass is 9.88. The van der Waals surface area contributed by atoms with Crippen LogP contribution in [0.5, 0.6) is 0 Å². The SMILES string of the molecule is CC(C)[Si](OC1=C[C@@H](c2ccccc2)[C@H]2CNC(S(C)(=O)=O)=C12)(C(C)C)C(C)C. The van der Waals surface area contributed by atoms with E-state index in [9.17, 15) is 8.42 Å². The summed E-state index contributed by atoms with van der Waals surface area (Å²) in [6.07, 6.45) is 3.48. The average Bonchev–Trinajstić information content (AvgIpc) is 3.19. The first-order chi connectivity index (χ1) is 13.5. The highest BCUT2D eigenvalue weighted by Gasteiger charge is 2.51. The first-order valence-electron chi connectivity index (χ1n) is 10.6. The third kappa shape index (κ3) is 3.81. The Kier molecular flexibility index (Phi) is 6.07. The molecule has 1 aliphatic heterocycles. The molecule has 0 radical (unpaired) electrons. The van der Waals surface area contributed by atoms with Gasteiger partial charge in [-0.25, -0.2) is 8.42 Å². The number of sulfone groups is 1. The maximum Gasteiger partial charge on any atom is 0.258 e. The molecule has 4 nitrogen and oxygen atoms in total. The van der Waals surface area contributed by atoms with Gasteiger partial charge in [-0.2, -0.15) is 0 Å². The maximum atomic E-state index is 12.5. The summed E-state index contributed by atoms with van der Waals surface area (Å²) in [6.45, 7) is 14.2. The lowest BCUT2D eigenvalue weighted by molar-refractivity contribution is 0.380. The lowest BCUT2D eigenvalue weighted by Gasteiger charge is -2.42. The number of hydrogen-bond acceptors (Lipinski definition) is 4. The minimum atomic E-state index is -3.35. The van der Waals surface area contributed by atoms with E-state index in [1.54, 1.807) is 0 Å². The minimum absolute atomic E-state index is 0.0929. The van der Waals surface area contributed by atoms with E-state index in [1.807, 2.05) is 18.2 Å². The molecule has 2 aliphatic rings. The molecule has 0 aromatic heterocycles. The quantitative estimate of drug-likeness (QED) is 0.590. The van der Waals surface area contributed by atoms with Crippen LogP contribution in [0.4, 0.5) is 0 Å². The van der Waals surface area contributed by atoms with E-state index in [1.165, 1.54) is 11.8 Å². The van der Waals surface area contributed by atoms with Crippen molar-refractivity contribution in [2.75, 3.05) is 12.8 Å². The van der Waals surface area contributed by atoms with Crippen molar-refractivity contribution in [3.05, 3.63) is 58.3 Å². The highest BCUT2D eigenvalue weighted by molar-refractivity contribution is 7.94. The van der Waals surface area contributed by atoms with Gasteiger partial charge in [-0.15, -0.1) is 0 Å². The van der Waals surface area contributed by atoms with E-state index < -0.39 is 18.2 Å². The molecular formula is C23H35NO3SSi. The summed E-state index contributed by atoms with van der Waals surface area (Å²) < 4.78 is 32.1. The molecule has 1 aromatic rings. The highest BCUT2D eigenvalue weighted by atomic mass is 32.2. The van der Waals surface area contributed by atoms with Crippen LogP contribution in [-0.4, -0.2) is 29.5 Å². The second-order valence-corrected chi connectivity index (χ2v) is 16.7. The van der Waals surface area contributed by atoms with Crippen molar-refractivity contribution >= 4 is 18.2 Å². The molecule has 0 saturated heterocycles. The Morgan fingerprint density at radius 3 is 2.03 bits per heavy atom. The molecule has 160 valence electrons. The van der Waals surface area contributed by atoms with Crippen LogP contribution in [0.2, 0.25) is 16.6 Å². The Morgan fingerprint density at radius 1 is 1.00 bits per heavy atom. The fourth-order valence-electron chi connectivity index (χ4n) is 5.51. The summed E-state index contributed by atoms with van der Waals surface area (Å²) in [4.78, 5) is 0. The Balaban J connectivity index is 2.15. The average molecular weight is 434 g/mol. The topological polar surface area (TPSA) is 55.4 Å². The third-order valence-corrected chi connectivity index (χ3v) is 13.8. The van der Waals surface area contributed by atoms with Crippen molar-refractivity contribution in [1.82, 2.24) is 5.32 Å². The summed E-state index contributed by atoms with van der Waals surface area (Å²) in [5.41, 5.74) is 3.34. The van der Waals surface area contributed by atoms with Crippen molar-refractivity contribution < 1.29 is 12.8 Å². The van der Waals surface area contributed by atoms with Gasteiger partial charge in [0.25, 0.3) is 8.32 Å². The van der Waals surface area contributed by atoms with Gasteiger partial charge >= 0.3 is 0 Å². The number of hydrogen-bond donors (Lipinski definition) is 1. The van der Waals surface area contributed by atoms with Gasteiger partial charge in [-0.05, 0) is 28.3 Å². The molecular weight excluding hydrogens is 398 g/mol. The van der Waals surface area contributed by atoms with Crippen molar-refractivity contribution in [3.63, 3.8) is 0 Å². The van der Waals surface area contributed by atoms with Crippen LogP contribution in [-0.2, 0) is 14.3 Å². The lowest BCUT2D eigenvalue weighted by Crippen LogP contribution is -2.47. The Morgan fingerprint density at radius 2 is 1.55 bits per heavy atom. The van der Waals surface area contributed by atoms with Crippen LogP contribution < -0.4 is 5.32 Å². The number of nitrogens with one attached hydrogen (secondary N) is 1. The predicted molar refractivity (Wildman–Crippen MR) is 123 cm³/mol. The van der Waals surface area contributed by atoms with Gasteiger partial charge in [0.05, 0.1) is 0 Å². The van der Waals surface area contributed by atoms with E-state index in [0.717, 1.165) is 11.3 Å². The maximum absolute atomic E-state index is 12.5. The monoisotopic (exact) mass is 433 g/mol. The summed E-state index contributed by atoms with van der Waals surface area (Å²) >= 11 is 0. The van der Waals surface area contributed by atoms with Gasteiger partial charge in [0.1, 0.15) is 10.8 Å². The van der Waals surface area contributed by atoms with Crippen LogP contribution in [0.3, 0.4) is 0 Å². The summed E-state index contributed by atoms with van der Waals surface area (Å²) in [6, 6.07) is 10.3. The first kappa shape index (κ1) is 22.2. The van der Waals surface area contributed by atoms with E-state index in [2.05, 4.69) is 65.1 Å². The number of fused-ring (bicyclic) bond motifs is 1. The predicted octanol–water partition coefficient (Wildman–Crippen LogP) is 5.34. The Bertz CT molecular complexity index is 895. The van der Waals surface area contributed by atoms with Crippen LogP contribution in [0.25, 0.3) is 0 Å². The van der Waals surface area contributed by atoms with Gasteiger partial charge < -0.3 is 9.74 Å². The van der Waals surface area contributed by atoms with Gasteiger partial charge in [0.15, 0.2) is 9.84 Å². The third-order valence-electron chi connectivity index (χ3n) is 6.68. The molecule has 0 saturated carbocycles. The van der Waals surface area contributed by atoms with Crippen LogP contribution in [0.15, 0.2) is 52.8 Å².